The molecule has 88 valence electrons. The first kappa shape index (κ1) is 12.0. The van der Waals surface area contributed by atoms with Crippen molar-refractivity contribution < 1.29 is 4.74 Å². The van der Waals surface area contributed by atoms with E-state index in [1.807, 2.05) is 32.0 Å². The molecule has 0 saturated carbocycles. The van der Waals surface area contributed by atoms with E-state index in [1.165, 1.54) is 0 Å². The minimum absolute atomic E-state index is 0.599. The number of aryl methyl sites for hydroxylation is 1. The molecule has 3 nitrogen and oxygen atoms in total. The molecule has 0 radical (unpaired) electrons. The van der Waals surface area contributed by atoms with Crippen molar-refractivity contribution in [2.24, 2.45) is 0 Å². The van der Waals surface area contributed by atoms with Crippen LogP contribution in [0.1, 0.15) is 12.5 Å². The monoisotopic (exact) mass is 292 g/mol. The van der Waals surface area contributed by atoms with Gasteiger partial charge in [0.15, 0.2) is 4.73 Å². The maximum absolute atomic E-state index is 5.51. The molecule has 0 spiro atoms. The second-order valence-corrected chi connectivity index (χ2v) is 4.33. The molecular weight excluding hydrogens is 280 g/mol. The Labute approximate surface area is 109 Å². The molecule has 0 aliphatic carbocycles. The Morgan fingerprint density at radius 2 is 2.12 bits per heavy atom. The van der Waals surface area contributed by atoms with Crippen molar-refractivity contribution in [1.29, 1.82) is 0 Å². The Kier molecular flexibility index (Phi) is 3.74. The third-order valence-corrected chi connectivity index (χ3v) is 2.78. The summed E-state index contributed by atoms with van der Waals surface area (Å²) in [5, 5.41) is 0. The van der Waals surface area contributed by atoms with Crippen molar-refractivity contribution in [2.75, 3.05) is 6.61 Å². The van der Waals surface area contributed by atoms with Crippen molar-refractivity contribution in [2.45, 2.75) is 13.8 Å². The summed E-state index contributed by atoms with van der Waals surface area (Å²) in [7, 11) is 0. The molecule has 0 N–H and O–H groups in total. The molecular formula is C13H13BrN2O. The largest absolute Gasteiger partial charge is 0.494 e. The second-order valence-electron chi connectivity index (χ2n) is 3.62. The number of nitrogens with zero attached hydrogens (tertiary/aromatic N) is 2. The van der Waals surface area contributed by atoms with Crippen LogP contribution in [0.25, 0.3) is 11.3 Å². The van der Waals surface area contributed by atoms with Crippen LogP contribution < -0.4 is 4.74 Å². The van der Waals surface area contributed by atoms with Gasteiger partial charge in [-0.25, -0.2) is 9.97 Å². The molecule has 1 aromatic heterocycles. The number of hydrogen-bond donors (Lipinski definition) is 0. The third-order valence-electron chi connectivity index (χ3n) is 2.40. The average Bonchev–Trinajstić information content (AvgIpc) is 2.32. The van der Waals surface area contributed by atoms with Gasteiger partial charge in [-0.2, -0.15) is 0 Å². The lowest BCUT2D eigenvalue weighted by atomic mass is 10.1. The fourth-order valence-electron chi connectivity index (χ4n) is 1.62. The first-order valence-electron chi connectivity index (χ1n) is 5.43. The molecule has 1 heterocycles. The molecule has 2 aromatic rings. The Balaban J connectivity index is 2.37. The highest BCUT2D eigenvalue weighted by Crippen LogP contribution is 2.25. The van der Waals surface area contributed by atoms with Gasteiger partial charge in [0.25, 0.3) is 0 Å². The quantitative estimate of drug-likeness (QED) is 0.811. The van der Waals surface area contributed by atoms with Crippen LogP contribution in [0.4, 0.5) is 0 Å². The lowest BCUT2D eigenvalue weighted by molar-refractivity contribution is 0.338. The molecule has 0 saturated heterocycles. The number of aromatic nitrogens is 2. The molecule has 4 heteroatoms. The van der Waals surface area contributed by atoms with Crippen LogP contribution in [0, 0.1) is 6.92 Å². The Morgan fingerprint density at radius 1 is 1.29 bits per heavy atom. The van der Waals surface area contributed by atoms with Crippen molar-refractivity contribution in [3.05, 3.63) is 40.8 Å². The molecule has 0 bridgehead atoms. The van der Waals surface area contributed by atoms with E-state index in [4.69, 9.17) is 4.74 Å². The topological polar surface area (TPSA) is 35.0 Å². The van der Waals surface area contributed by atoms with Gasteiger partial charge in [-0.05, 0) is 59.6 Å². The van der Waals surface area contributed by atoms with Gasteiger partial charge >= 0.3 is 0 Å². The zero-order valence-corrected chi connectivity index (χ0v) is 11.4. The van der Waals surface area contributed by atoms with Crippen LogP contribution >= 0.6 is 15.9 Å². The third kappa shape index (κ3) is 2.82. The molecule has 0 aliphatic rings. The molecule has 0 unspecified atom stereocenters. The van der Waals surface area contributed by atoms with Crippen molar-refractivity contribution in [1.82, 2.24) is 9.97 Å². The molecule has 2 rings (SSSR count). The normalized spacial score (nSPS) is 10.3. The minimum Gasteiger partial charge on any atom is -0.494 e. The zero-order valence-electron chi connectivity index (χ0n) is 9.77. The number of rotatable bonds is 3. The van der Waals surface area contributed by atoms with Gasteiger partial charge in [0.1, 0.15) is 5.75 Å². The molecule has 0 aliphatic heterocycles. The zero-order chi connectivity index (χ0) is 12.3. The van der Waals surface area contributed by atoms with E-state index in [9.17, 15) is 0 Å². The molecule has 0 atom stereocenters. The predicted molar refractivity (Wildman–Crippen MR) is 71.1 cm³/mol. The Hall–Kier alpha value is -1.42. The molecule has 0 fully saturated rings. The summed E-state index contributed by atoms with van der Waals surface area (Å²) in [6.45, 7) is 4.69. The number of hydrogen-bond acceptors (Lipinski definition) is 3. The maximum atomic E-state index is 5.51. The highest BCUT2D eigenvalue weighted by molar-refractivity contribution is 9.10. The van der Waals surface area contributed by atoms with Crippen LogP contribution in [0.5, 0.6) is 5.75 Å². The fourth-order valence-corrected chi connectivity index (χ4v) is 1.93. The van der Waals surface area contributed by atoms with E-state index in [-0.39, 0.29) is 0 Å². The van der Waals surface area contributed by atoms with E-state index < -0.39 is 0 Å². The molecule has 1 aromatic carbocycles. The van der Waals surface area contributed by atoms with Crippen molar-refractivity contribution in [3.63, 3.8) is 0 Å². The number of benzene rings is 1. The second kappa shape index (κ2) is 5.27. The summed E-state index contributed by atoms with van der Waals surface area (Å²) < 4.78 is 6.11. The summed E-state index contributed by atoms with van der Waals surface area (Å²) >= 11 is 3.27. The van der Waals surface area contributed by atoms with Gasteiger partial charge in [0, 0.05) is 11.8 Å². The van der Waals surface area contributed by atoms with E-state index in [1.54, 1.807) is 6.20 Å². The Morgan fingerprint density at radius 3 is 2.76 bits per heavy atom. The first-order valence-corrected chi connectivity index (χ1v) is 6.22. The predicted octanol–water partition coefficient (Wildman–Crippen LogP) is 3.61. The number of halogens is 1. The minimum atomic E-state index is 0.599. The maximum Gasteiger partial charge on any atom is 0.197 e. The van der Waals surface area contributed by atoms with Gasteiger partial charge < -0.3 is 4.74 Å². The van der Waals surface area contributed by atoms with Gasteiger partial charge in [0.05, 0.1) is 12.3 Å². The van der Waals surface area contributed by atoms with Crippen LogP contribution in [0.3, 0.4) is 0 Å². The summed E-state index contributed by atoms with van der Waals surface area (Å²) in [6, 6.07) is 7.94. The van der Waals surface area contributed by atoms with Gasteiger partial charge in [-0.15, -0.1) is 0 Å². The standard InChI is InChI=1S/C13H13BrN2O/c1-3-17-12-5-4-10(8-9(12)2)11-6-7-15-13(14)16-11/h4-8H,3H2,1-2H3. The van der Waals surface area contributed by atoms with Gasteiger partial charge in [0.2, 0.25) is 0 Å². The van der Waals surface area contributed by atoms with Crippen LogP contribution in [0.15, 0.2) is 35.2 Å². The average molecular weight is 293 g/mol. The number of ether oxygens (including phenoxy) is 1. The summed E-state index contributed by atoms with van der Waals surface area (Å²) in [5.74, 6) is 0.921. The van der Waals surface area contributed by atoms with E-state index >= 15 is 0 Å². The lowest BCUT2D eigenvalue weighted by Crippen LogP contribution is -1.94. The smallest absolute Gasteiger partial charge is 0.197 e. The van der Waals surface area contributed by atoms with Gasteiger partial charge in [-0.1, -0.05) is 0 Å². The first-order chi connectivity index (χ1) is 8.20. The van der Waals surface area contributed by atoms with E-state index in [2.05, 4.69) is 32.0 Å². The Bertz CT molecular complexity index is 529. The lowest BCUT2D eigenvalue weighted by Gasteiger charge is -2.08. The summed E-state index contributed by atoms with van der Waals surface area (Å²) in [6.07, 6.45) is 1.73. The van der Waals surface area contributed by atoms with E-state index in [0.29, 0.717) is 11.3 Å². The van der Waals surface area contributed by atoms with Crippen LogP contribution in [0.2, 0.25) is 0 Å². The van der Waals surface area contributed by atoms with Crippen LogP contribution in [-0.2, 0) is 0 Å². The summed E-state index contributed by atoms with van der Waals surface area (Å²) in [4.78, 5) is 8.34. The van der Waals surface area contributed by atoms with Crippen molar-refractivity contribution >= 4 is 15.9 Å². The van der Waals surface area contributed by atoms with Gasteiger partial charge in [-0.3, -0.25) is 0 Å². The highest BCUT2D eigenvalue weighted by atomic mass is 79.9. The molecule has 0 amide bonds. The fraction of sp³-hybridized carbons (Fsp3) is 0.231. The SMILES string of the molecule is CCOc1ccc(-c2ccnc(Br)n2)cc1C. The van der Waals surface area contributed by atoms with E-state index in [0.717, 1.165) is 22.6 Å². The summed E-state index contributed by atoms with van der Waals surface area (Å²) in [5.41, 5.74) is 3.08. The molecule has 17 heavy (non-hydrogen) atoms. The van der Waals surface area contributed by atoms with Crippen molar-refractivity contribution in [3.8, 4) is 17.0 Å². The highest BCUT2D eigenvalue weighted by Gasteiger charge is 2.04. The van der Waals surface area contributed by atoms with Crippen LogP contribution in [-0.4, -0.2) is 16.6 Å².